The van der Waals surface area contributed by atoms with Gasteiger partial charge in [-0.3, -0.25) is 9.59 Å². The van der Waals surface area contributed by atoms with Gasteiger partial charge < -0.3 is 15.7 Å². The van der Waals surface area contributed by atoms with Gasteiger partial charge in [-0.1, -0.05) is 13.3 Å². The van der Waals surface area contributed by atoms with Gasteiger partial charge in [0, 0.05) is 13.1 Å². The van der Waals surface area contributed by atoms with Crippen LogP contribution in [0.25, 0.3) is 0 Å². The Hall–Kier alpha value is -1.10. The summed E-state index contributed by atoms with van der Waals surface area (Å²) in [5, 5.41) is 8.97. The highest BCUT2D eigenvalue weighted by Gasteiger charge is 2.35. The SMILES string of the molecule is CCCC(C)(N)C(=O)N1CCCC(C(=O)O)C1. The molecule has 0 aromatic rings. The minimum atomic E-state index is -0.866. The van der Waals surface area contributed by atoms with Crippen molar-refractivity contribution >= 4 is 11.9 Å². The number of rotatable bonds is 4. The molecular formula is C12H22N2O3. The summed E-state index contributed by atoms with van der Waals surface area (Å²) in [5.74, 6) is -1.38. The molecule has 2 unspecified atom stereocenters. The van der Waals surface area contributed by atoms with Crippen molar-refractivity contribution in [1.29, 1.82) is 0 Å². The first kappa shape index (κ1) is 14.0. The average molecular weight is 242 g/mol. The number of carbonyl (C=O) groups excluding carboxylic acids is 1. The topological polar surface area (TPSA) is 83.6 Å². The summed E-state index contributed by atoms with van der Waals surface area (Å²) < 4.78 is 0. The summed E-state index contributed by atoms with van der Waals surface area (Å²) in [4.78, 5) is 24.7. The Morgan fingerprint density at radius 2 is 2.18 bits per heavy atom. The monoisotopic (exact) mass is 242 g/mol. The molecule has 1 rings (SSSR count). The standard InChI is InChI=1S/C12H22N2O3/c1-3-6-12(2,13)11(17)14-7-4-5-9(8-14)10(15)16/h9H,3-8,13H2,1-2H3,(H,15,16). The van der Waals surface area contributed by atoms with Gasteiger partial charge in [0.2, 0.25) is 5.91 Å². The maximum atomic E-state index is 12.2. The van der Waals surface area contributed by atoms with Gasteiger partial charge in [-0.05, 0) is 26.2 Å². The van der Waals surface area contributed by atoms with Crippen molar-refractivity contribution in [3.05, 3.63) is 0 Å². The predicted octanol–water partition coefficient (Wildman–Crippen LogP) is 0.827. The normalized spacial score (nSPS) is 24.2. The van der Waals surface area contributed by atoms with Crippen LogP contribution in [0.15, 0.2) is 0 Å². The molecule has 1 heterocycles. The van der Waals surface area contributed by atoms with E-state index in [9.17, 15) is 9.59 Å². The van der Waals surface area contributed by atoms with Crippen LogP contribution in [-0.2, 0) is 9.59 Å². The van der Waals surface area contributed by atoms with Crippen molar-refractivity contribution in [2.75, 3.05) is 13.1 Å². The fraction of sp³-hybridized carbons (Fsp3) is 0.833. The second-order valence-electron chi connectivity index (χ2n) is 5.10. The summed E-state index contributed by atoms with van der Waals surface area (Å²) in [6, 6.07) is 0. The molecule has 0 radical (unpaired) electrons. The minimum absolute atomic E-state index is 0.120. The van der Waals surface area contributed by atoms with E-state index < -0.39 is 17.4 Å². The Balaban J connectivity index is 2.66. The molecule has 0 aromatic heterocycles. The maximum absolute atomic E-state index is 12.2. The van der Waals surface area contributed by atoms with Gasteiger partial charge in [0.1, 0.15) is 0 Å². The molecule has 17 heavy (non-hydrogen) atoms. The smallest absolute Gasteiger partial charge is 0.308 e. The van der Waals surface area contributed by atoms with E-state index in [2.05, 4.69) is 0 Å². The molecular weight excluding hydrogens is 220 g/mol. The second-order valence-corrected chi connectivity index (χ2v) is 5.10. The molecule has 1 fully saturated rings. The third-order valence-electron chi connectivity index (χ3n) is 3.32. The number of carboxylic acids is 1. The zero-order chi connectivity index (χ0) is 13.1. The number of carboxylic acid groups (broad SMARTS) is 1. The lowest BCUT2D eigenvalue weighted by Gasteiger charge is -2.36. The van der Waals surface area contributed by atoms with E-state index >= 15 is 0 Å². The van der Waals surface area contributed by atoms with Gasteiger partial charge in [0.25, 0.3) is 0 Å². The van der Waals surface area contributed by atoms with Crippen LogP contribution in [0.1, 0.15) is 39.5 Å². The Morgan fingerprint density at radius 3 is 2.71 bits per heavy atom. The molecule has 5 nitrogen and oxygen atoms in total. The van der Waals surface area contributed by atoms with Gasteiger partial charge >= 0.3 is 5.97 Å². The molecule has 0 aliphatic carbocycles. The van der Waals surface area contributed by atoms with E-state index in [1.807, 2.05) is 6.92 Å². The number of nitrogens with zero attached hydrogens (tertiary/aromatic N) is 1. The van der Waals surface area contributed by atoms with E-state index in [1.165, 1.54) is 0 Å². The fourth-order valence-corrected chi connectivity index (χ4v) is 2.35. The van der Waals surface area contributed by atoms with E-state index in [0.717, 1.165) is 12.8 Å². The highest BCUT2D eigenvalue weighted by Crippen LogP contribution is 2.21. The van der Waals surface area contributed by atoms with E-state index in [1.54, 1.807) is 11.8 Å². The lowest BCUT2D eigenvalue weighted by molar-refractivity contribution is -0.147. The third-order valence-corrected chi connectivity index (χ3v) is 3.32. The largest absolute Gasteiger partial charge is 0.481 e. The molecule has 0 spiro atoms. The first-order chi connectivity index (χ1) is 7.88. The Kier molecular flexibility index (Phi) is 4.51. The molecule has 0 aromatic carbocycles. The van der Waals surface area contributed by atoms with Crippen molar-refractivity contribution in [2.45, 2.75) is 45.1 Å². The molecule has 3 N–H and O–H groups in total. The third kappa shape index (κ3) is 3.43. The Bertz CT molecular complexity index is 302. The quantitative estimate of drug-likeness (QED) is 0.764. The van der Waals surface area contributed by atoms with Crippen molar-refractivity contribution in [2.24, 2.45) is 11.7 Å². The Labute approximate surface area is 102 Å². The van der Waals surface area contributed by atoms with Gasteiger partial charge in [-0.2, -0.15) is 0 Å². The number of aliphatic carboxylic acids is 1. The molecule has 0 saturated carbocycles. The summed E-state index contributed by atoms with van der Waals surface area (Å²) in [5.41, 5.74) is 5.12. The fourth-order valence-electron chi connectivity index (χ4n) is 2.35. The van der Waals surface area contributed by atoms with E-state index in [4.69, 9.17) is 10.8 Å². The number of hydrogen-bond acceptors (Lipinski definition) is 3. The molecule has 1 aliphatic rings. The molecule has 98 valence electrons. The first-order valence-electron chi connectivity index (χ1n) is 6.19. The van der Waals surface area contributed by atoms with Crippen LogP contribution < -0.4 is 5.73 Å². The highest BCUT2D eigenvalue weighted by molar-refractivity contribution is 5.86. The predicted molar refractivity (Wildman–Crippen MR) is 64.4 cm³/mol. The summed E-state index contributed by atoms with van der Waals surface area (Å²) in [6.45, 7) is 4.63. The van der Waals surface area contributed by atoms with E-state index in [-0.39, 0.29) is 5.91 Å². The van der Waals surface area contributed by atoms with Crippen molar-refractivity contribution in [3.63, 3.8) is 0 Å². The van der Waals surface area contributed by atoms with Gasteiger partial charge in [-0.15, -0.1) is 0 Å². The lowest BCUT2D eigenvalue weighted by atomic mass is 9.92. The van der Waals surface area contributed by atoms with Crippen molar-refractivity contribution < 1.29 is 14.7 Å². The molecule has 1 saturated heterocycles. The summed E-state index contributed by atoms with van der Waals surface area (Å²) in [7, 11) is 0. The van der Waals surface area contributed by atoms with Crippen LogP contribution in [-0.4, -0.2) is 40.5 Å². The minimum Gasteiger partial charge on any atom is -0.481 e. The molecule has 1 amide bonds. The number of piperidine rings is 1. The lowest BCUT2D eigenvalue weighted by Crippen LogP contribution is -2.56. The van der Waals surface area contributed by atoms with Crippen LogP contribution in [0.3, 0.4) is 0 Å². The van der Waals surface area contributed by atoms with Crippen LogP contribution >= 0.6 is 0 Å². The van der Waals surface area contributed by atoms with Gasteiger partial charge in [-0.25, -0.2) is 0 Å². The molecule has 5 heteroatoms. The summed E-state index contributed by atoms with van der Waals surface area (Å²) in [6.07, 6.45) is 2.86. The van der Waals surface area contributed by atoms with Gasteiger partial charge in [0.05, 0.1) is 11.5 Å². The maximum Gasteiger partial charge on any atom is 0.308 e. The van der Waals surface area contributed by atoms with E-state index in [0.29, 0.717) is 25.9 Å². The number of likely N-dealkylation sites (tertiary alicyclic amines) is 1. The van der Waals surface area contributed by atoms with Crippen molar-refractivity contribution in [3.8, 4) is 0 Å². The number of nitrogens with two attached hydrogens (primary N) is 1. The average Bonchev–Trinajstić information content (AvgIpc) is 2.28. The summed E-state index contributed by atoms with van der Waals surface area (Å²) >= 11 is 0. The van der Waals surface area contributed by atoms with Crippen LogP contribution in [0.2, 0.25) is 0 Å². The van der Waals surface area contributed by atoms with Gasteiger partial charge in [0.15, 0.2) is 0 Å². The number of amides is 1. The number of hydrogen-bond donors (Lipinski definition) is 2. The van der Waals surface area contributed by atoms with Crippen LogP contribution in [0, 0.1) is 5.92 Å². The first-order valence-corrected chi connectivity index (χ1v) is 6.19. The van der Waals surface area contributed by atoms with Crippen LogP contribution in [0.5, 0.6) is 0 Å². The molecule has 1 aliphatic heterocycles. The zero-order valence-corrected chi connectivity index (χ0v) is 10.6. The second kappa shape index (κ2) is 5.49. The van der Waals surface area contributed by atoms with Crippen molar-refractivity contribution in [1.82, 2.24) is 4.90 Å². The zero-order valence-electron chi connectivity index (χ0n) is 10.6. The Morgan fingerprint density at radius 1 is 1.53 bits per heavy atom. The number of carbonyl (C=O) groups is 2. The highest BCUT2D eigenvalue weighted by atomic mass is 16.4. The molecule has 0 bridgehead atoms. The van der Waals surface area contributed by atoms with Crippen LogP contribution in [0.4, 0.5) is 0 Å². The molecule has 2 atom stereocenters.